The molecule has 0 aliphatic heterocycles. The summed E-state index contributed by atoms with van der Waals surface area (Å²) in [7, 11) is 5.47. The molecule has 0 aromatic heterocycles. The normalized spacial score (nSPS) is 14.1. The predicted octanol–water partition coefficient (Wildman–Crippen LogP) is 7.36. The molecule has 5 rings (SSSR count). The minimum atomic E-state index is -0.405. The van der Waals surface area contributed by atoms with Gasteiger partial charge in [-0.2, -0.15) is 0 Å². The summed E-state index contributed by atoms with van der Waals surface area (Å²) in [6, 6.07) is 25.3. The number of hydrogen-bond acceptors (Lipinski definition) is 4. The van der Waals surface area contributed by atoms with Crippen molar-refractivity contribution < 1.29 is 14.3 Å². The average molecular weight is 521 g/mol. The molecular weight excluding hydrogens is 484 g/mol. The van der Waals surface area contributed by atoms with Gasteiger partial charge >= 0.3 is 5.97 Å². The monoisotopic (exact) mass is 520 g/mol. The van der Waals surface area contributed by atoms with Crippen LogP contribution in [0.5, 0.6) is 0 Å². The molecule has 1 fully saturated rings. The van der Waals surface area contributed by atoms with Gasteiger partial charge in [0, 0.05) is 37.5 Å². The number of carbonyl (C=O) groups excluding carboxylic acids is 2. The van der Waals surface area contributed by atoms with Crippen LogP contribution in [0.4, 0.5) is 11.4 Å². The molecular formula is C34H36N2O3. The average Bonchev–Trinajstić information content (AvgIpc) is 2.98. The van der Waals surface area contributed by atoms with Crippen molar-refractivity contribution in [1.82, 2.24) is 0 Å². The fourth-order valence-electron chi connectivity index (χ4n) is 5.56. The Hall–Kier alpha value is -4.12. The SMILES string of the molecule is COC(=O)/C=C/c1cccc(N(Cc2ccc3c(ccc4cc(N(C)C)ccc43)c2)C(=O)C2CCCCC2)c1. The van der Waals surface area contributed by atoms with Crippen molar-refractivity contribution >= 4 is 50.9 Å². The Balaban J connectivity index is 1.49. The number of anilines is 2. The van der Waals surface area contributed by atoms with E-state index in [-0.39, 0.29) is 11.8 Å². The number of ether oxygens (including phenoxy) is 1. The van der Waals surface area contributed by atoms with Gasteiger partial charge in [-0.05, 0) is 81.9 Å². The molecule has 1 saturated carbocycles. The lowest BCUT2D eigenvalue weighted by molar-refractivity contribution is -0.134. The zero-order valence-electron chi connectivity index (χ0n) is 23.0. The van der Waals surface area contributed by atoms with Gasteiger partial charge in [-0.1, -0.05) is 61.7 Å². The third-order valence-electron chi connectivity index (χ3n) is 7.76. The molecule has 0 spiro atoms. The lowest BCUT2D eigenvalue weighted by Gasteiger charge is -2.30. The second-order valence-corrected chi connectivity index (χ2v) is 10.6. The molecule has 0 heterocycles. The van der Waals surface area contributed by atoms with Crippen LogP contribution in [0.3, 0.4) is 0 Å². The van der Waals surface area contributed by atoms with Crippen LogP contribution < -0.4 is 9.80 Å². The smallest absolute Gasteiger partial charge is 0.330 e. The molecule has 1 amide bonds. The van der Waals surface area contributed by atoms with Crippen molar-refractivity contribution in [2.24, 2.45) is 5.92 Å². The van der Waals surface area contributed by atoms with Gasteiger partial charge in [0.15, 0.2) is 0 Å². The Kier molecular flexibility index (Phi) is 7.97. The Labute approximate surface area is 230 Å². The Bertz CT molecular complexity index is 1530. The van der Waals surface area contributed by atoms with Crippen molar-refractivity contribution in [3.8, 4) is 0 Å². The van der Waals surface area contributed by atoms with Gasteiger partial charge in [-0.15, -0.1) is 0 Å². The number of nitrogens with zero attached hydrogens (tertiary/aromatic N) is 2. The second kappa shape index (κ2) is 11.7. The van der Waals surface area contributed by atoms with Crippen LogP contribution in [0.1, 0.15) is 43.2 Å². The minimum absolute atomic E-state index is 0.0447. The number of fused-ring (bicyclic) bond motifs is 3. The molecule has 0 radical (unpaired) electrons. The van der Waals surface area contributed by atoms with E-state index in [2.05, 4.69) is 67.5 Å². The Morgan fingerprint density at radius 1 is 0.846 bits per heavy atom. The zero-order chi connectivity index (χ0) is 27.4. The molecule has 0 bridgehead atoms. The van der Waals surface area contributed by atoms with Crippen molar-refractivity contribution in [1.29, 1.82) is 0 Å². The first kappa shape index (κ1) is 26.5. The van der Waals surface area contributed by atoms with Crippen LogP contribution in [0.25, 0.3) is 27.6 Å². The topological polar surface area (TPSA) is 49.9 Å². The van der Waals surface area contributed by atoms with Crippen molar-refractivity contribution in [3.05, 3.63) is 90.0 Å². The number of rotatable bonds is 7. The van der Waals surface area contributed by atoms with Gasteiger partial charge in [0.25, 0.3) is 0 Å². The number of esters is 1. The van der Waals surface area contributed by atoms with Crippen LogP contribution in [0.15, 0.2) is 78.9 Å². The lowest BCUT2D eigenvalue weighted by Crippen LogP contribution is -2.36. The minimum Gasteiger partial charge on any atom is -0.466 e. The maximum Gasteiger partial charge on any atom is 0.330 e. The maximum atomic E-state index is 13.9. The first-order chi connectivity index (χ1) is 18.9. The van der Waals surface area contributed by atoms with Crippen LogP contribution >= 0.6 is 0 Å². The predicted molar refractivity (Wildman–Crippen MR) is 161 cm³/mol. The number of methoxy groups -OCH3 is 1. The number of hydrogen-bond donors (Lipinski definition) is 0. The first-order valence-corrected chi connectivity index (χ1v) is 13.7. The molecule has 39 heavy (non-hydrogen) atoms. The van der Waals surface area contributed by atoms with E-state index in [4.69, 9.17) is 4.74 Å². The highest BCUT2D eigenvalue weighted by Gasteiger charge is 2.27. The quantitative estimate of drug-likeness (QED) is 0.145. The van der Waals surface area contributed by atoms with Crippen molar-refractivity contribution in [2.45, 2.75) is 38.6 Å². The van der Waals surface area contributed by atoms with Crippen LogP contribution in [0.2, 0.25) is 0 Å². The number of amides is 1. The van der Waals surface area contributed by atoms with Crippen LogP contribution in [0, 0.1) is 5.92 Å². The van der Waals surface area contributed by atoms with E-state index in [1.54, 1.807) is 6.08 Å². The van der Waals surface area contributed by atoms with Gasteiger partial charge in [0.1, 0.15) is 0 Å². The van der Waals surface area contributed by atoms with Gasteiger partial charge in [0.05, 0.1) is 13.7 Å². The lowest BCUT2D eigenvalue weighted by atomic mass is 9.88. The second-order valence-electron chi connectivity index (χ2n) is 10.6. The van der Waals surface area contributed by atoms with Crippen LogP contribution in [-0.2, 0) is 20.9 Å². The molecule has 5 nitrogen and oxygen atoms in total. The van der Waals surface area contributed by atoms with E-state index in [0.29, 0.717) is 6.54 Å². The zero-order valence-corrected chi connectivity index (χ0v) is 23.0. The molecule has 1 aliphatic rings. The summed E-state index contributed by atoms with van der Waals surface area (Å²) < 4.78 is 4.73. The molecule has 5 heteroatoms. The Morgan fingerprint density at radius 2 is 1.56 bits per heavy atom. The highest BCUT2D eigenvalue weighted by atomic mass is 16.5. The molecule has 4 aromatic carbocycles. The highest BCUT2D eigenvalue weighted by molar-refractivity contribution is 6.08. The fourth-order valence-corrected chi connectivity index (χ4v) is 5.56. The summed E-state index contributed by atoms with van der Waals surface area (Å²) in [5, 5.41) is 4.82. The van der Waals surface area contributed by atoms with E-state index < -0.39 is 5.97 Å². The third-order valence-corrected chi connectivity index (χ3v) is 7.76. The Morgan fingerprint density at radius 3 is 2.28 bits per heavy atom. The summed E-state index contributed by atoms with van der Waals surface area (Å²) >= 11 is 0. The van der Waals surface area contributed by atoms with Gasteiger partial charge in [-0.25, -0.2) is 4.79 Å². The number of carbonyl (C=O) groups is 2. The molecule has 200 valence electrons. The summed E-state index contributed by atoms with van der Waals surface area (Å²) in [5.41, 5.74) is 3.96. The molecule has 0 unspecified atom stereocenters. The summed E-state index contributed by atoms with van der Waals surface area (Å²) in [4.78, 5) is 29.5. The van der Waals surface area contributed by atoms with Gasteiger partial charge < -0.3 is 14.5 Å². The third kappa shape index (κ3) is 5.98. The van der Waals surface area contributed by atoms with Crippen molar-refractivity contribution in [2.75, 3.05) is 31.0 Å². The van der Waals surface area contributed by atoms with E-state index in [1.165, 1.54) is 41.5 Å². The van der Waals surface area contributed by atoms with Crippen LogP contribution in [-0.4, -0.2) is 33.1 Å². The fraction of sp³-hybridized carbons (Fsp3) is 0.294. The molecule has 0 saturated heterocycles. The van der Waals surface area contributed by atoms with Gasteiger partial charge in [-0.3, -0.25) is 4.79 Å². The van der Waals surface area contributed by atoms with Crippen molar-refractivity contribution in [3.63, 3.8) is 0 Å². The summed E-state index contributed by atoms with van der Waals surface area (Å²) in [5.74, 6) is -0.181. The summed E-state index contributed by atoms with van der Waals surface area (Å²) in [6.45, 7) is 0.493. The van der Waals surface area contributed by atoms with Gasteiger partial charge in [0.2, 0.25) is 5.91 Å². The highest BCUT2D eigenvalue weighted by Crippen LogP contribution is 2.32. The molecule has 0 atom stereocenters. The van der Waals surface area contributed by atoms with E-state index >= 15 is 0 Å². The van der Waals surface area contributed by atoms with E-state index in [9.17, 15) is 9.59 Å². The first-order valence-electron chi connectivity index (χ1n) is 13.7. The molecule has 0 N–H and O–H groups in total. The maximum absolute atomic E-state index is 13.9. The van der Waals surface area contributed by atoms with E-state index in [1.807, 2.05) is 29.2 Å². The molecule has 1 aliphatic carbocycles. The molecule has 4 aromatic rings. The summed E-state index contributed by atoms with van der Waals surface area (Å²) in [6.07, 6.45) is 8.41. The number of benzene rings is 4. The standard InChI is InChI=1S/C34H36N2O3/c1-35(2)29-16-18-32-28(22-29)15-14-27-20-25(12-17-31(27)32)23-36(34(38)26-9-5-4-6-10-26)30-11-7-8-24(21-30)13-19-33(37)39-3/h7-8,11-22,26H,4-6,9-10,23H2,1-3H3/b19-13+. The largest absolute Gasteiger partial charge is 0.466 e. The van der Waals surface area contributed by atoms with E-state index in [0.717, 1.165) is 47.9 Å².